The summed E-state index contributed by atoms with van der Waals surface area (Å²) in [5.41, 5.74) is 3.18. The summed E-state index contributed by atoms with van der Waals surface area (Å²) in [7, 11) is 1.47. The predicted octanol–water partition coefficient (Wildman–Crippen LogP) is 3.29. The van der Waals surface area contributed by atoms with Gasteiger partial charge in [0, 0.05) is 11.4 Å². The molecule has 0 fully saturated rings. The Labute approximate surface area is 142 Å². The summed E-state index contributed by atoms with van der Waals surface area (Å²) in [6.45, 7) is 3.62. The Kier molecular flexibility index (Phi) is 4.62. The maximum Gasteiger partial charge on any atom is 0.171 e. The van der Waals surface area contributed by atoms with Crippen molar-refractivity contribution in [3.8, 4) is 23.6 Å². The lowest BCUT2D eigenvalue weighted by Gasteiger charge is -2.26. The Hall–Kier alpha value is -2.19. The van der Waals surface area contributed by atoms with Crippen molar-refractivity contribution in [2.24, 2.45) is 0 Å². The highest BCUT2D eigenvalue weighted by Crippen LogP contribution is 2.41. The van der Waals surface area contributed by atoms with Crippen LogP contribution in [0.2, 0.25) is 0 Å². The van der Waals surface area contributed by atoms with Gasteiger partial charge in [-0.05, 0) is 54.1 Å². The van der Waals surface area contributed by atoms with Gasteiger partial charge in [-0.15, -0.1) is 0 Å². The van der Waals surface area contributed by atoms with E-state index in [1.807, 2.05) is 36.4 Å². The zero-order chi connectivity index (χ0) is 16.4. The van der Waals surface area contributed by atoms with E-state index in [2.05, 4.69) is 17.5 Å². The van der Waals surface area contributed by atoms with Crippen LogP contribution < -0.4 is 10.1 Å². The number of hydrogen-bond acceptors (Lipinski definition) is 5. The number of methoxy groups -OCH3 is 1. The fourth-order valence-corrected chi connectivity index (χ4v) is 3.16. The van der Waals surface area contributed by atoms with Gasteiger partial charge in [-0.1, -0.05) is 0 Å². The average molecular weight is 407 g/mol. The molecule has 0 radical (unpaired) electrons. The molecule has 1 aromatic rings. The van der Waals surface area contributed by atoms with Gasteiger partial charge in [-0.2, -0.15) is 10.5 Å². The minimum absolute atomic E-state index is 0.0548. The topological polar surface area (TPSA) is 89.1 Å². The van der Waals surface area contributed by atoms with Gasteiger partial charge < -0.3 is 15.2 Å². The first kappa shape index (κ1) is 16.2. The summed E-state index contributed by atoms with van der Waals surface area (Å²) in [5, 5.41) is 32.0. The van der Waals surface area contributed by atoms with Crippen LogP contribution in [0.15, 0.2) is 34.7 Å². The molecule has 0 bridgehead atoms. The second-order valence-electron chi connectivity index (χ2n) is 4.91. The van der Waals surface area contributed by atoms with Crippen LogP contribution in [-0.2, 0) is 0 Å². The minimum atomic E-state index is -0.459. The monoisotopic (exact) mass is 407 g/mol. The van der Waals surface area contributed by atoms with Gasteiger partial charge in [-0.3, -0.25) is 0 Å². The number of aromatic hydroxyl groups is 1. The molecule has 5 nitrogen and oxygen atoms in total. The number of nitrogens with one attached hydrogen (secondary N) is 1. The fourth-order valence-electron chi connectivity index (χ4n) is 2.54. The Morgan fingerprint density at radius 2 is 1.73 bits per heavy atom. The number of allylic oxidation sites excluding steroid dienone is 4. The Bertz CT molecular complexity index is 746. The van der Waals surface area contributed by atoms with Crippen LogP contribution in [0.4, 0.5) is 0 Å². The molecule has 2 rings (SSSR count). The quantitative estimate of drug-likeness (QED) is 0.735. The number of phenols is 1. The summed E-state index contributed by atoms with van der Waals surface area (Å²) in [6.07, 6.45) is 0. The third-order valence-electron chi connectivity index (χ3n) is 3.61. The highest BCUT2D eigenvalue weighted by molar-refractivity contribution is 14.1. The third-order valence-corrected chi connectivity index (χ3v) is 4.43. The van der Waals surface area contributed by atoms with E-state index in [4.69, 9.17) is 4.74 Å². The van der Waals surface area contributed by atoms with Crippen molar-refractivity contribution in [1.82, 2.24) is 5.32 Å². The molecule has 112 valence electrons. The summed E-state index contributed by atoms with van der Waals surface area (Å²) in [6, 6.07) is 7.81. The van der Waals surface area contributed by atoms with Crippen LogP contribution in [0.3, 0.4) is 0 Å². The molecule has 0 aliphatic carbocycles. The molecule has 22 heavy (non-hydrogen) atoms. The Morgan fingerprint density at radius 3 is 2.18 bits per heavy atom. The van der Waals surface area contributed by atoms with Crippen LogP contribution in [0.1, 0.15) is 25.3 Å². The second kappa shape index (κ2) is 6.29. The molecule has 1 aromatic carbocycles. The van der Waals surface area contributed by atoms with E-state index in [-0.39, 0.29) is 5.75 Å². The molecular weight excluding hydrogens is 393 g/mol. The van der Waals surface area contributed by atoms with Gasteiger partial charge in [-0.25, -0.2) is 0 Å². The highest BCUT2D eigenvalue weighted by Gasteiger charge is 2.30. The van der Waals surface area contributed by atoms with Crippen LogP contribution >= 0.6 is 22.6 Å². The van der Waals surface area contributed by atoms with Gasteiger partial charge in [0.25, 0.3) is 0 Å². The molecule has 1 aliphatic rings. The molecule has 0 saturated heterocycles. The number of rotatable bonds is 2. The Balaban J connectivity index is 2.72. The van der Waals surface area contributed by atoms with Gasteiger partial charge in [0.15, 0.2) is 11.5 Å². The molecule has 0 unspecified atom stereocenters. The molecule has 0 atom stereocenters. The van der Waals surface area contributed by atoms with Crippen molar-refractivity contribution >= 4 is 22.6 Å². The number of hydrogen-bond donors (Lipinski definition) is 2. The van der Waals surface area contributed by atoms with E-state index < -0.39 is 5.92 Å². The molecule has 0 aromatic heterocycles. The summed E-state index contributed by atoms with van der Waals surface area (Å²) >= 11 is 2.00. The molecule has 6 heteroatoms. The standard InChI is InChI=1S/C16H14IN3O2/c1-8-11(6-18)15(12(7-19)9(2)20-8)10-4-13(17)16(21)14(5-10)22-3/h4-5,15,20-21H,1-3H3. The number of dihydropyridines is 1. The maximum atomic E-state index is 9.97. The number of ether oxygens (including phenoxy) is 1. The third kappa shape index (κ3) is 2.62. The van der Waals surface area contributed by atoms with E-state index in [1.54, 1.807) is 12.1 Å². The van der Waals surface area contributed by atoms with Crippen molar-refractivity contribution in [2.75, 3.05) is 7.11 Å². The van der Waals surface area contributed by atoms with Crippen molar-refractivity contribution in [2.45, 2.75) is 19.8 Å². The number of nitrogens with zero attached hydrogens (tertiary/aromatic N) is 2. The van der Waals surface area contributed by atoms with E-state index in [1.165, 1.54) is 7.11 Å². The lowest BCUT2D eigenvalue weighted by molar-refractivity contribution is 0.371. The average Bonchev–Trinajstić information content (AvgIpc) is 2.49. The van der Waals surface area contributed by atoms with Crippen LogP contribution in [0, 0.1) is 26.2 Å². The van der Waals surface area contributed by atoms with Crippen molar-refractivity contribution in [3.05, 3.63) is 43.8 Å². The largest absolute Gasteiger partial charge is 0.504 e. The lowest BCUT2D eigenvalue weighted by atomic mass is 9.81. The molecule has 1 aliphatic heterocycles. The van der Waals surface area contributed by atoms with Crippen LogP contribution in [0.5, 0.6) is 11.5 Å². The summed E-state index contributed by atoms with van der Waals surface area (Å²) < 4.78 is 5.79. The molecular formula is C16H14IN3O2. The van der Waals surface area contributed by atoms with Crippen LogP contribution in [-0.4, -0.2) is 12.2 Å². The van der Waals surface area contributed by atoms with E-state index >= 15 is 0 Å². The van der Waals surface area contributed by atoms with Crippen molar-refractivity contribution in [3.63, 3.8) is 0 Å². The van der Waals surface area contributed by atoms with Gasteiger partial charge in [0.05, 0.1) is 39.9 Å². The van der Waals surface area contributed by atoms with Crippen molar-refractivity contribution in [1.29, 1.82) is 10.5 Å². The van der Waals surface area contributed by atoms with Crippen molar-refractivity contribution < 1.29 is 9.84 Å². The zero-order valence-electron chi connectivity index (χ0n) is 12.4. The lowest BCUT2D eigenvalue weighted by Crippen LogP contribution is -2.23. The molecule has 0 spiro atoms. The minimum Gasteiger partial charge on any atom is -0.504 e. The first-order valence-electron chi connectivity index (χ1n) is 6.49. The maximum absolute atomic E-state index is 9.97. The van der Waals surface area contributed by atoms with Gasteiger partial charge in [0.2, 0.25) is 0 Å². The first-order chi connectivity index (χ1) is 10.4. The highest BCUT2D eigenvalue weighted by atomic mass is 127. The number of nitriles is 2. The summed E-state index contributed by atoms with van der Waals surface area (Å²) in [5.74, 6) is -0.0798. The molecule has 1 heterocycles. The zero-order valence-corrected chi connectivity index (χ0v) is 14.5. The first-order valence-corrected chi connectivity index (χ1v) is 7.57. The summed E-state index contributed by atoms with van der Waals surface area (Å²) in [4.78, 5) is 0. The number of halogens is 1. The normalized spacial score (nSPS) is 15.2. The number of benzene rings is 1. The molecule has 2 N–H and O–H groups in total. The van der Waals surface area contributed by atoms with Crippen LogP contribution in [0.25, 0.3) is 0 Å². The molecule has 0 amide bonds. The van der Waals surface area contributed by atoms with E-state index in [0.717, 1.165) is 17.0 Å². The van der Waals surface area contributed by atoms with E-state index in [9.17, 15) is 15.6 Å². The smallest absolute Gasteiger partial charge is 0.171 e. The van der Waals surface area contributed by atoms with Gasteiger partial charge in [0.1, 0.15) is 0 Å². The number of phenolic OH excluding ortho intramolecular Hbond substituents is 1. The Morgan fingerprint density at radius 1 is 1.18 bits per heavy atom. The second-order valence-corrected chi connectivity index (χ2v) is 6.07. The predicted molar refractivity (Wildman–Crippen MR) is 89.9 cm³/mol. The van der Waals surface area contributed by atoms with Gasteiger partial charge >= 0.3 is 0 Å². The fraction of sp³-hybridized carbons (Fsp3) is 0.250. The SMILES string of the molecule is COc1cc(C2C(C#N)=C(C)NC(C)=C2C#N)cc(I)c1O. The van der Waals surface area contributed by atoms with E-state index in [0.29, 0.717) is 20.5 Å². The molecule has 0 saturated carbocycles.